The average Bonchev–Trinajstić information content (AvgIpc) is 2.86. The lowest BCUT2D eigenvalue weighted by atomic mass is 10.2. The zero-order chi connectivity index (χ0) is 14.4. The van der Waals surface area contributed by atoms with Crippen molar-refractivity contribution in [2.45, 2.75) is 38.4 Å². The Bertz CT molecular complexity index is 430. The molecule has 0 aromatic heterocycles. The van der Waals surface area contributed by atoms with E-state index in [1.54, 1.807) is 6.07 Å². The first-order valence-corrected chi connectivity index (χ1v) is 7.92. The van der Waals surface area contributed by atoms with Crippen molar-refractivity contribution < 1.29 is 13.9 Å². The fourth-order valence-corrected chi connectivity index (χ4v) is 2.73. The summed E-state index contributed by atoms with van der Waals surface area (Å²) in [6, 6.07) is 4.43. The quantitative estimate of drug-likeness (QED) is 0.767. The van der Waals surface area contributed by atoms with Gasteiger partial charge in [-0.3, -0.25) is 0 Å². The molecule has 1 aromatic rings. The number of nitrogens with one attached hydrogen (secondary N) is 1. The Morgan fingerprint density at radius 1 is 1.40 bits per heavy atom. The molecule has 3 nitrogen and oxygen atoms in total. The molecule has 0 bridgehead atoms. The van der Waals surface area contributed by atoms with E-state index in [4.69, 9.17) is 9.47 Å². The van der Waals surface area contributed by atoms with Crippen LogP contribution in [-0.4, -0.2) is 31.9 Å². The van der Waals surface area contributed by atoms with Crippen LogP contribution in [0.4, 0.5) is 4.39 Å². The number of hydrogen-bond donors (Lipinski definition) is 1. The second-order valence-electron chi connectivity index (χ2n) is 5.05. The maximum atomic E-state index is 13.0. The molecule has 2 atom stereocenters. The molecular formula is C15H21BrFNO2. The predicted molar refractivity (Wildman–Crippen MR) is 80.7 cm³/mol. The van der Waals surface area contributed by atoms with Gasteiger partial charge in [-0.2, -0.15) is 0 Å². The van der Waals surface area contributed by atoms with Gasteiger partial charge in [-0.15, -0.1) is 0 Å². The summed E-state index contributed by atoms with van der Waals surface area (Å²) in [6.45, 7) is 4.60. The summed E-state index contributed by atoms with van der Waals surface area (Å²) in [5.41, 5.74) is 0. The van der Waals surface area contributed by atoms with Crippen LogP contribution in [-0.2, 0) is 4.74 Å². The Kier molecular flexibility index (Phi) is 6.26. The zero-order valence-corrected chi connectivity index (χ0v) is 13.3. The van der Waals surface area contributed by atoms with Crippen LogP contribution in [0.2, 0.25) is 0 Å². The minimum Gasteiger partial charge on any atom is -0.490 e. The number of halogens is 2. The van der Waals surface area contributed by atoms with E-state index in [2.05, 4.69) is 28.2 Å². The second-order valence-corrected chi connectivity index (χ2v) is 5.90. The van der Waals surface area contributed by atoms with Gasteiger partial charge in [0.1, 0.15) is 18.2 Å². The van der Waals surface area contributed by atoms with Gasteiger partial charge in [0.15, 0.2) is 0 Å². The highest BCUT2D eigenvalue weighted by Gasteiger charge is 2.25. The Labute approximate surface area is 128 Å². The molecule has 2 unspecified atom stereocenters. The SMILES string of the molecule is CCCNCC1CCC(COc2ccc(F)cc2Br)O1. The fraction of sp³-hybridized carbons (Fsp3) is 0.600. The highest BCUT2D eigenvalue weighted by molar-refractivity contribution is 9.10. The minimum absolute atomic E-state index is 0.125. The summed E-state index contributed by atoms with van der Waals surface area (Å²) in [4.78, 5) is 0. The van der Waals surface area contributed by atoms with Crippen LogP contribution in [0.15, 0.2) is 22.7 Å². The van der Waals surface area contributed by atoms with Crippen LogP contribution >= 0.6 is 15.9 Å². The molecule has 112 valence electrons. The van der Waals surface area contributed by atoms with Crippen LogP contribution in [0.5, 0.6) is 5.75 Å². The fourth-order valence-electron chi connectivity index (χ4n) is 2.27. The maximum absolute atomic E-state index is 13.0. The van der Waals surface area contributed by atoms with E-state index in [0.29, 0.717) is 16.8 Å². The third-order valence-electron chi connectivity index (χ3n) is 3.31. The zero-order valence-electron chi connectivity index (χ0n) is 11.7. The van der Waals surface area contributed by atoms with Crippen molar-refractivity contribution in [2.24, 2.45) is 0 Å². The van der Waals surface area contributed by atoms with Crippen LogP contribution in [0.3, 0.4) is 0 Å². The van der Waals surface area contributed by atoms with Crippen molar-refractivity contribution in [3.05, 3.63) is 28.5 Å². The molecule has 1 aliphatic heterocycles. The Morgan fingerprint density at radius 2 is 2.20 bits per heavy atom. The third-order valence-corrected chi connectivity index (χ3v) is 3.93. The van der Waals surface area contributed by atoms with Gasteiger partial charge in [-0.25, -0.2) is 4.39 Å². The summed E-state index contributed by atoms with van der Waals surface area (Å²) in [5.74, 6) is 0.381. The maximum Gasteiger partial charge on any atom is 0.133 e. The first-order chi connectivity index (χ1) is 9.69. The lowest BCUT2D eigenvalue weighted by Gasteiger charge is -2.15. The summed E-state index contributed by atoms with van der Waals surface area (Å²) < 4.78 is 25.2. The number of rotatable bonds is 7. The monoisotopic (exact) mass is 345 g/mol. The van der Waals surface area contributed by atoms with E-state index < -0.39 is 0 Å². The number of hydrogen-bond acceptors (Lipinski definition) is 3. The highest BCUT2D eigenvalue weighted by Crippen LogP contribution is 2.27. The van der Waals surface area contributed by atoms with Crippen LogP contribution in [0.1, 0.15) is 26.2 Å². The standard InChI is InChI=1S/C15H21BrFNO2/c1-2-7-18-9-12-4-5-13(20-12)10-19-15-6-3-11(17)8-14(15)16/h3,6,8,12-13,18H,2,4-5,7,9-10H2,1H3. The Morgan fingerprint density at radius 3 is 2.95 bits per heavy atom. The lowest BCUT2D eigenvalue weighted by Crippen LogP contribution is -2.28. The van der Waals surface area contributed by atoms with Gasteiger partial charge >= 0.3 is 0 Å². The summed E-state index contributed by atoms with van der Waals surface area (Å²) in [5, 5.41) is 3.37. The molecule has 0 radical (unpaired) electrons. The van der Waals surface area contributed by atoms with Crippen molar-refractivity contribution in [3.8, 4) is 5.75 Å². The van der Waals surface area contributed by atoms with Crippen molar-refractivity contribution >= 4 is 15.9 Å². The third kappa shape index (κ3) is 4.72. The van der Waals surface area contributed by atoms with E-state index in [0.717, 1.165) is 32.4 Å². The van der Waals surface area contributed by atoms with Gasteiger partial charge in [-0.05, 0) is 59.9 Å². The van der Waals surface area contributed by atoms with Crippen molar-refractivity contribution in [1.82, 2.24) is 5.32 Å². The normalized spacial score (nSPS) is 22.1. The minimum atomic E-state index is -0.275. The molecule has 0 spiro atoms. The Hall–Kier alpha value is -0.650. The van der Waals surface area contributed by atoms with Crippen LogP contribution < -0.4 is 10.1 Å². The smallest absolute Gasteiger partial charge is 0.133 e. The first-order valence-electron chi connectivity index (χ1n) is 7.13. The lowest BCUT2D eigenvalue weighted by molar-refractivity contribution is 0.0185. The van der Waals surface area contributed by atoms with Gasteiger partial charge in [0, 0.05) is 6.54 Å². The molecule has 5 heteroatoms. The molecule has 20 heavy (non-hydrogen) atoms. The van der Waals surface area contributed by atoms with E-state index in [1.165, 1.54) is 12.1 Å². The highest BCUT2D eigenvalue weighted by atomic mass is 79.9. The molecule has 1 aliphatic rings. The molecule has 1 fully saturated rings. The van der Waals surface area contributed by atoms with Gasteiger partial charge in [0.25, 0.3) is 0 Å². The largest absolute Gasteiger partial charge is 0.490 e. The number of ether oxygens (including phenoxy) is 2. The van der Waals surface area contributed by atoms with Crippen LogP contribution in [0.25, 0.3) is 0 Å². The van der Waals surface area contributed by atoms with Gasteiger partial charge in [0.05, 0.1) is 16.7 Å². The molecule has 0 amide bonds. The second kappa shape index (κ2) is 7.96. The van der Waals surface area contributed by atoms with E-state index in [-0.39, 0.29) is 18.0 Å². The summed E-state index contributed by atoms with van der Waals surface area (Å²) in [7, 11) is 0. The molecule has 0 saturated carbocycles. The van der Waals surface area contributed by atoms with Crippen LogP contribution in [0, 0.1) is 5.82 Å². The van der Waals surface area contributed by atoms with Gasteiger partial charge in [0.2, 0.25) is 0 Å². The molecule has 1 aromatic carbocycles. The topological polar surface area (TPSA) is 30.5 Å². The van der Waals surface area contributed by atoms with E-state index >= 15 is 0 Å². The molecular weight excluding hydrogens is 325 g/mol. The molecule has 0 aliphatic carbocycles. The first kappa shape index (κ1) is 15.7. The molecule has 1 N–H and O–H groups in total. The Balaban J connectivity index is 1.72. The van der Waals surface area contributed by atoms with E-state index in [9.17, 15) is 4.39 Å². The number of benzene rings is 1. The average molecular weight is 346 g/mol. The summed E-state index contributed by atoms with van der Waals surface area (Å²) >= 11 is 3.29. The van der Waals surface area contributed by atoms with Gasteiger partial charge < -0.3 is 14.8 Å². The van der Waals surface area contributed by atoms with Crippen molar-refractivity contribution in [3.63, 3.8) is 0 Å². The van der Waals surface area contributed by atoms with Gasteiger partial charge in [-0.1, -0.05) is 6.92 Å². The predicted octanol–water partition coefficient (Wildman–Crippen LogP) is 3.51. The molecule has 1 saturated heterocycles. The summed E-state index contributed by atoms with van der Waals surface area (Å²) in [6.07, 6.45) is 3.62. The molecule has 2 rings (SSSR count). The molecule has 1 heterocycles. The van der Waals surface area contributed by atoms with Crippen molar-refractivity contribution in [1.29, 1.82) is 0 Å². The van der Waals surface area contributed by atoms with E-state index in [1.807, 2.05) is 0 Å². The van der Waals surface area contributed by atoms with Crippen molar-refractivity contribution in [2.75, 3.05) is 19.7 Å².